The molecule has 14 heavy (non-hydrogen) atoms. The zero-order valence-corrected chi connectivity index (χ0v) is 10.1. The zero-order valence-electron chi connectivity index (χ0n) is 8.49. The van der Waals surface area contributed by atoms with Crippen molar-refractivity contribution in [2.75, 3.05) is 30.1 Å². The fraction of sp³-hybridized carbons (Fsp3) is 0.875. The molecule has 0 aliphatic heterocycles. The molecular formula is C8H16N2O2S2. The van der Waals surface area contributed by atoms with Crippen LogP contribution in [0.5, 0.6) is 0 Å². The molecule has 0 radical (unpaired) electrons. The quantitative estimate of drug-likeness (QED) is 0.642. The first-order chi connectivity index (χ1) is 6.49. The maximum atomic E-state index is 10.8. The summed E-state index contributed by atoms with van der Waals surface area (Å²) >= 11 is 1.49. The largest absolute Gasteiger partial charge is 0.302 e. The number of nitriles is 1. The number of sulfone groups is 1. The van der Waals surface area contributed by atoms with Crippen LogP contribution in [0.15, 0.2) is 0 Å². The minimum Gasteiger partial charge on any atom is -0.302 e. The van der Waals surface area contributed by atoms with E-state index in [2.05, 4.69) is 11.4 Å². The molecule has 0 fully saturated rings. The Balaban J connectivity index is 3.58. The van der Waals surface area contributed by atoms with E-state index in [1.807, 2.05) is 6.92 Å². The van der Waals surface area contributed by atoms with E-state index in [1.165, 1.54) is 18.0 Å². The third-order valence-electron chi connectivity index (χ3n) is 1.49. The standard InChI is InChI=1S/C8H16N2O2S2/c1-3-10-8(6-9)7-13-4-5-14(2,11)12/h8,10H,3-5,7H2,1-2H3. The summed E-state index contributed by atoms with van der Waals surface area (Å²) in [6.07, 6.45) is 1.22. The summed E-state index contributed by atoms with van der Waals surface area (Å²) in [6.45, 7) is 2.69. The Morgan fingerprint density at radius 1 is 1.57 bits per heavy atom. The SMILES string of the molecule is CCNC(C#N)CSCCS(C)(=O)=O. The first kappa shape index (κ1) is 13.8. The normalized spacial score (nSPS) is 13.5. The van der Waals surface area contributed by atoms with Crippen molar-refractivity contribution >= 4 is 21.6 Å². The molecule has 0 aliphatic carbocycles. The molecule has 0 saturated carbocycles. The molecule has 0 bridgehead atoms. The third kappa shape index (κ3) is 8.35. The molecule has 1 unspecified atom stereocenters. The van der Waals surface area contributed by atoms with E-state index in [-0.39, 0.29) is 11.8 Å². The Labute approximate surface area is 90.0 Å². The smallest absolute Gasteiger partial charge is 0.148 e. The Morgan fingerprint density at radius 3 is 2.64 bits per heavy atom. The number of hydrogen-bond acceptors (Lipinski definition) is 5. The Morgan fingerprint density at radius 2 is 2.21 bits per heavy atom. The summed E-state index contributed by atoms with van der Waals surface area (Å²) in [7, 11) is -2.87. The minimum absolute atomic E-state index is 0.176. The first-order valence-corrected chi connectivity index (χ1v) is 7.59. The van der Waals surface area contributed by atoms with Crippen molar-refractivity contribution in [2.24, 2.45) is 0 Å². The minimum atomic E-state index is -2.87. The molecule has 82 valence electrons. The molecule has 0 aliphatic rings. The van der Waals surface area contributed by atoms with Gasteiger partial charge in [0, 0.05) is 17.8 Å². The highest BCUT2D eigenvalue weighted by Crippen LogP contribution is 2.03. The number of thioether (sulfide) groups is 1. The van der Waals surface area contributed by atoms with Crippen molar-refractivity contribution in [3.63, 3.8) is 0 Å². The highest BCUT2D eigenvalue weighted by atomic mass is 32.2. The van der Waals surface area contributed by atoms with E-state index in [0.29, 0.717) is 11.5 Å². The summed E-state index contributed by atoms with van der Waals surface area (Å²) < 4.78 is 21.6. The average molecular weight is 236 g/mol. The van der Waals surface area contributed by atoms with Crippen LogP contribution in [-0.2, 0) is 9.84 Å². The van der Waals surface area contributed by atoms with Gasteiger partial charge >= 0.3 is 0 Å². The fourth-order valence-corrected chi connectivity index (χ4v) is 3.08. The Bertz CT molecular complexity index is 282. The molecule has 0 saturated heterocycles. The van der Waals surface area contributed by atoms with Crippen LogP contribution in [-0.4, -0.2) is 44.5 Å². The van der Waals surface area contributed by atoms with E-state index in [1.54, 1.807) is 0 Å². The van der Waals surface area contributed by atoms with Gasteiger partial charge in [-0.25, -0.2) is 8.42 Å². The van der Waals surface area contributed by atoms with Gasteiger partial charge < -0.3 is 5.32 Å². The molecule has 1 atom stereocenters. The summed E-state index contributed by atoms with van der Waals surface area (Å²) in [5.41, 5.74) is 0. The second-order valence-electron chi connectivity index (χ2n) is 2.94. The van der Waals surface area contributed by atoms with E-state index >= 15 is 0 Å². The molecule has 0 aromatic rings. The topological polar surface area (TPSA) is 70.0 Å². The zero-order chi connectivity index (χ0) is 11.0. The van der Waals surface area contributed by atoms with Gasteiger partial charge in [-0.3, -0.25) is 0 Å². The third-order valence-corrected chi connectivity index (χ3v) is 3.76. The van der Waals surface area contributed by atoms with Crippen LogP contribution in [0.3, 0.4) is 0 Å². The van der Waals surface area contributed by atoms with Gasteiger partial charge in [-0.15, -0.1) is 0 Å². The fourth-order valence-electron chi connectivity index (χ4n) is 0.800. The van der Waals surface area contributed by atoms with Crippen LogP contribution in [0.2, 0.25) is 0 Å². The van der Waals surface area contributed by atoms with Crippen LogP contribution in [0.1, 0.15) is 6.92 Å². The lowest BCUT2D eigenvalue weighted by Crippen LogP contribution is -2.29. The number of nitrogens with one attached hydrogen (secondary N) is 1. The molecular weight excluding hydrogens is 220 g/mol. The Kier molecular flexibility index (Phi) is 6.97. The van der Waals surface area contributed by atoms with Crippen LogP contribution in [0.4, 0.5) is 0 Å². The van der Waals surface area contributed by atoms with Gasteiger partial charge in [0.05, 0.1) is 11.8 Å². The van der Waals surface area contributed by atoms with Crippen LogP contribution >= 0.6 is 11.8 Å². The highest BCUT2D eigenvalue weighted by Gasteiger charge is 2.06. The molecule has 0 rings (SSSR count). The summed E-state index contributed by atoms with van der Waals surface area (Å²) in [6, 6.07) is 1.94. The lowest BCUT2D eigenvalue weighted by molar-refractivity contribution is 0.603. The van der Waals surface area contributed by atoms with Crippen LogP contribution < -0.4 is 5.32 Å². The summed E-state index contributed by atoms with van der Waals surface area (Å²) in [5.74, 6) is 1.38. The molecule has 1 N–H and O–H groups in total. The van der Waals surface area contributed by atoms with Gasteiger partial charge in [-0.2, -0.15) is 17.0 Å². The molecule has 0 aromatic carbocycles. The molecule has 6 heteroatoms. The first-order valence-electron chi connectivity index (χ1n) is 4.38. The van der Waals surface area contributed by atoms with Gasteiger partial charge in [0.15, 0.2) is 0 Å². The average Bonchev–Trinajstić information content (AvgIpc) is 2.08. The van der Waals surface area contributed by atoms with Crippen molar-refractivity contribution < 1.29 is 8.42 Å². The lowest BCUT2D eigenvalue weighted by Gasteiger charge is -2.08. The van der Waals surface area contributed by atoms with Gasteiger partial charge in [0.1, 0.15) is 15.9 Å². The van der Waals surface area contributed by atoms with Crippen molar-refractivity contribution in [3.8, 4) is 6.07 Å². The maximum absolute atomic E-state index is 10.8. The molecule has 4 nitrogen and oxygen atoms in total. The molecule has 0 amide bonds. The van der Waals surface area contributed by atoms with Gasteiger partial charge in [-0.05, 0) is 6.54 Å². The van der Waals surface area contributed by atoms with Gasteiger partial charge in [-0.1, -0.05) is 6.92 Å². The van der Waals surface area contributed by atoms with Gasteiger partial charge in [0.25, 0.3) is 0 Å². The second kappa shape index (κ2) is 7.10. The molecule has 0 heterocycles. The number of rotatable bonds is 7. The van der Waals surface area contributed by atoms with E-state index < -0.39 is 9.84 Å². The van der Waals surface area contributed by atoms with Crippen LogP contribution in [0, 0.1) is 11.3 Å². The van der Waals surface area contributed by atoms with E-state index in [9.17, 15) is 8.42 Å². The molecule has 0 aromatic heterocycles. The van der Waals surface area contributed by atoms with Crippen molar-refractivity contribution in [1.82, 2.24) is 5.32 Å². The van der Waals surface area contributed by atoms with Crippen LogP contribution in [0.25, 0.3) is 0 Å². The van der Waals surface area contributed by atoms with Crippen molar-refractivity contribution in [2.45, 2.75) is 13.0 Å². The lowest BCUT2D eigenvalue weighted by atomic mass is 10.4. The van der Waals surface area contributed by atoms with Crippen molar-refractivity contribution in [3.05, 3.63) is 0 Å². The predicted molar refractivity (Wildman–Crippen MR) is 60.1 cm³/mol. The number of nitrogens with zero attached hydrogens (tertiary/aromatic N) is 1. The van der Waals surface area contributed by atoms with Gasteiger partial charge in [0.2, 0.25) is 0 Å². The molecule has 0 spiro atoms. The van der Waals surface area contributed by atoms with Crippen molar-refractivity contribution in [1.29, 1.82) is 5.26 Å². The Hall–Kier alpha value is -0.250. The van der Waals surface area contributed by atoms with E-state index in [4.69, 9.17) is 5.26 Å². The van der Waals surface area contributed by atoms with E-state index in [0.717, 1.165) is 6.54 Å². The highest BCUT2D eigenvalue weighted by molar-refractivity contribution is 8.00. The predicted octanol–water partition coefficient (Wildman–Crippen LogP) is 0.266. The monoisotopic (exact) mass is 236 g/mol. The second-order valence-corrected chi connectivity index (χ2v) is 6.35. The number of hydrogen-bond donors (Lipinski definition) is 1. The maximum Gasteiger partial charge on any atom is 0.148 e. The summed E-state index contributed by atoms with van der Waals surface area (Å²) in [5, 5.41) is 11.7. The summed E-state index contributed by atoms with van der Waals surface area (Å²) in [4.78, 5) is 0.